The molecular formula is C21H25N3O2. The van der Waals surface area contributed by atoms with E-state index in [0.29, 0.717) is 12.3 Å². The van der Waals surface area contributed by atoms with Crippen molar-refractivity contribution in [2.45, 2.75) is 12.8 Å². The van der Waals surface area contributed by atoms with Gasteiger partial charge in [0.15, 0.2) is 0 Å². The minimum Gasteiger partial charge on any atom is -0.410 e. The van der Waals surface area contributed by atoms with Crippen LogP contribution in [0.3, 0.4) is 0 Å². The smallest absolute Gasteiger partial charge is 0.410 e. The molecule has 2 heterocycles. The molecule has 0 spiro atoms. The number of ether oxygens (including phenoxy) is 1. The molecule has 4 rings (SSSR count). The van der Waals surface area contributed by atoms with Crippen molar-refractivity contribution in [3.63, 3.8) is 0 Å². The molecule has 0 unspecified atom stereocenters. The van der Waals surface area contributed by atoms with Gasteiger partial charge < -0.3 is 14.5 Å². The van der Waals surface area contributed by atoms with E-state index in [9.17, 15) is 4.79 Å². The molecule has 0 bridgehead atoms. The number of nitrogens with zero attached hydrogens (tertiary/aromatic N) is 3. The summed E-state index contributed by atoms with van der Waals surface area (Å²) in [6, 6.07) is 17.4. The second-order valence-corrected chi connectivity index (χ2v) is 6.86. The van der Waals surface area contributed by atoms with E-state index in [1.54, 1.807) is 17.0 Å². The van der Waals surface area contributed by atoms with Crippen LogP contribution in [0.2, 0.25) is 0 Å². The zero-order valence-electron chi connectivity index (χ0n) is 15.0. The molecule has 0 aliphatic carbocycles. The minimum atomic E-state index is -0.317. The summed E-state index contributed by atoms with van der Waals surface area (Å²) < 4.78 is 5.55. The second kappa shape index (κ2) is 7.79. The lowest BCUT2D eigenvalue weighted by molar-refractivity contribution is 0.207. The fraction of sp³-hybridized carbons (Fsp3) is 0.381. The predicted molar refractivity (Wildman–Crippen MR) is 104 cm³/mol. The highest BCUT2D eigenvalue weighted by molar-refractivity contribution is 5.94. The zero-order valence-corrected chi connectivity index (χ0v) is 15.0. The number of anilines is 2. The Hall–Kier alpha value is -2.53. The van der Waals surface area contributed by atoms with Crippen molar-refractivity contribution < 1.29 is 9.53 Å². The number of rotatable bonds is 4. The Morgan fingerprint density at radius 1 is 0.808 bits per heavy atom. The number of amides is 1. The Labute approximate surface area is 154 Å². The molecule has 1 amide bonds. The molecule has 2 aromatic carbocycles. The van der Waals surface area contributed by atoms with Gasteiger partial charge in [0.05, 0.1) is 11.4 Å². The molecule has 0 saturated carbocycles. The third-order valence-corrected chi connectivity index (χ3v) is 5.16. The minimum absolute atomic E-state index is 0.317. The highest BCUT2D eigenvalue weighted by atomic mass is 16.6. The van der Waals surface area contributed by atoms with Gasteiger partial charge in [0.1, 0.15) is 5.75 Å². The molecule has 2 aliphatic heterocycles. The Morgan fingerprint density at radius 2 is 1.50 bits per heavy atom. The van der Waals surface area contributed by atoms with Crippen molar-refractivity contribution >= 4 is 17.5 Å². The van der Waals surface area contributed by atoms with Crippen molar-refractivity contribution in [1.29, 1.82) is 0 Å². The van der Waals surface area contributed by atoms with Gasteiger partial charge in [0, 0.05) is 26.2 Å². The fourth-order valence-corrected chi connectivity index (χ4v) is 3.76. The number of para-hydroxylation sites is 3. The third-order valence-electron chi connectivity index (χ3n) is 5.16. The van der Waals surface area contributed by atoms with E-state index < -0.39 is 0 Å². The summed E-state index contributed by atoms with van der Waals surface area (Å²) >= 11 is 0. The van der Waals surface area contributed by atoms with Crippen molar-refractivity contribution in [2.75, 3.05) is 49.1 Å². The Balaban J connectivity index is 1.47. The normalized spacial score (nSPS) is 17.2. The molecule has 5 heteroatoms. The average molecular weight is 351 g/mol. The molecular weight excluding hydrogens is 326 g/mol. The first-order valence-corrected chi connectivity index (χ1v) is 9.42. The van der Waals surface area contributed by atoms with Crippen molar-refractivity contribution in [3.05, 3.63) is 54.6 Å². The highest BCUT2D eigenvalue weighted by Crippen LogP contribution is 2.33. The first-order valence-electron chi connectivity index (χ1n) is 9.42. The summed E-state index contributed by atoms with van der Waals surface area (Å²) in [5.41, 5.74) is 2.05. The number of benzene rings is 2. The van der Waals surface area contributed by atoms with E-state index in [1.165, 1.54) is 25.9 Å². The Kier molecular flexibility index (Phi) is 5.07. The first kappa shape index (κ1) is 16.9. The molecule has 0 atom stereocenters. The zero-order chi connectivity index (χ0) is 17.8. The van der Waals surface area contributed by atoms with Gasteiger partial charge in [-0.25, -0.2) is 4.79 Å². The maximum atomic E-state index is 12.7. The molecule has 2 aromatic rings. The lowest BCUT2D eigenvalue weighted by Crippen LogP contribution is -2.47. The van der Waals surface area contributed by atoms with Gasteiger partial charge in [-0.2, -0.15) is 0 Å². The van der Waals surface area contributed by atoms with E-state index >= 15 is 0 Å². The monoisotopic (exact) mass is 351 g/mol. The van der Waals surface area contributed by atoms with E-state index in [2.05, 4.69) is 15.9 Å². The maximum absolute atomic E-state index is 12.7. The molecule has 136 valence electrons. The summed E-state index contributed by atoms with van der Waals surface area (Å²) in [6.07, 6.45) is 2.31. The second-order valence-electron chi connectivity index (χ2n) is 6.86. The number of carbonyl (C=O) groups excluding carboxylic acids is 1. The van der Waals surface area contributed by atoms with Gasteiger partial charge in [-0.05, 0) is 50.2 Å². The number of hydrogen-bond donors (Lipinski definition) is 0. The van der Waals surface area contributed by atoms with Crippen LogP contribution < -0.4 is 14.5 Å². The van der Waals surface area contributed by atoms with E-state index in [1.807, 2.05) is 36.4 Å². The van der Waals surface area contributed by atoms with Gasteiger partial charge >= 0.3 is 6.09 Å². The van der Waals surface area contributed by atoms with Crippen LogP contribution in [0.25, 0.3) is 0 Å². The Morgan fingerprint density at radius 3 is 2.27 bits per heavy atom. The summed E-state index contributed by atoms with van der Waals surface area (Å²) in [5.74, 6) is 0.575. The molecule has 26 heavy (non-hydrogen) atoms. The van der Waals surface area contributed by atoms with Crippen LogP contribution in [0.4, 0.5) is 16.2 Å². The summed E-state index contributed by atoms with van der Waals surface area (Å²) in [7, 11) is 0. The van der Waals surface area contributed by atoms with Crippen molar-refractivity contribution in [1.82, 2.24) is 4.90 Å². The number of fused-ring (bicyclic) bond motifs is 1. The number of carbonyl (C=O) groups is 1. The van der Waals surface area contributed by atoms with Crippen LogP contribution in [-0.2, 0) is 0 Å². The fourth-order valence-electron chi connectivity index (χ4n) is 3.76. The Bertz CT molecular complexity index is 744. The lowest BCUT2D eigenvalue weighted by atomic mass is 10.1. The summed E-state index contributed by atoms with van der Waals surface area (Å²) in [6.45, 7) is 5.98. The van der Waals surface area contributed by atoms with Gasteiger partial charge in [-0.15, -0.1) is 0 Å². The predicted octanol–water partition coefficient (Wildman–Crippen LogP) is 3.61. The molecule has 1 saturated heterocycles. The van der Waals surface area contributed by atoms with Crippen LogP contribution in [0.1, 0.15) is 12.8 Å². The number of likely N-dealkylation sites (tertiary alicyclic amines) is 1. The van der Waals surface area contributed by atoms with E-state index in [0.717, 1.165) is 31.0 Å². The van der Waals surface area contributed by atoms with Gasteiger partial charge in [0.25, 0.3) is 0 Å². The topological polar surface area (TPSA) is 36.0 Å². The first-order chi connectivity index (χ1) is 12.8. The highest BCUT2D eigenvalue weighted by Gasteiger charge is 2.28. The van der Waals surface area contributed by atoms with Gasteiger partial charge in [-0.3, -0.25) is 4.90 Å². The quantitative estimate of drug-likeness (QED) is 0.843. The maximum Gasteiger partial charge on any atom is 0.419 e. The van der Waals surface area contributed by atoms with Crippen molar-refractivity contribution in [2.24, 2.45) is 0 Å². The van der Waals surface area contributed by atoms with E-state index in [-0.39, 0.29) is 6.09 Å². The van der Waals surface area contributed by atoms with Crippen LogP contribution in [0.5, 0.6) is 5.75 Å². The molecule has 0 radical (unpaired) electrons. The van der Waals surface area contributed by atoms with Crippen LogP contribution >= 0.6 is 0 Å². The van der Waals surface area contributed by atoms with Gasteiger partial charge in [0.2, 0.25) is 0 Å². The molecule has 0 aromatic heterocycles. The van der Waals surface area contributed by atoms with Crippen LogP contribution in [0, 0.1) is 0 Å². The van der Waals surface area contributed by atoms with Gasteiger partial charge in [-0.1, -0.05) is 30.3 Å². The largest absolute Gasteiger partial charge is 0.419 e. The average Bonchev–Trinajstić information content (AvgIpc) is 3.20. The molecule has 1 fully saturated rings. The van der Waals surface area contributed by atoms with Crippen molar-refractivity contribution in [3.8, 4) is 5.75 Å². The van der Waals surface area contributed by atoms with Crippen LogP contribution in [-0.4, -0.2) is 50.3 Å². The number of hydrogen-bond acceptors (Lipinski definition) is 4. The van der Waals surface area contributed by atoms with Crippen LogP contribution in [0.15, 0.2) is 54.6 Å². The lowest BCUT2D eigenvalue weighted by Gasteiger charge is -2.37. The molecule has 2 aliphatic rings. The SMILES string of the molecule is O=C(Oc1ccccc1)N1CCN(CCN2CCCC2)c2ccccc21. The summed E-state index contributed by atoms with van der Waals surface area (Å²) in [4.78, 5) is 19.3. The standard InChI is InChI=1S/C21H25N3O2/c25-21(26-18-8-2-1-3-9-18)24-17-16-23(15-14-22-12-6-7-13-22)19-10-4-5-11-20(19)24/h1-5,8-11H,6-7,12-17H2. The third kappa shape index (κ3) is 3.68. The van der Waals surface area contributed by atoms with E-state index in [4.69, 9.17) is 4.74 Å². The molecule has 5 nitrogen and oxygen atoms in total. The molecule has 0 N–H and O–H groups in total. The summed E-state index contributed by atoms with van der Waals surface area (Å²) in [5, 5.41) is 0.